The van der Waals surface area contributed by atoms with Crippen LogP contribution in [0.15, 0.2) is 35.7 Å². The Hall–Kier alpha value is -1.37. The number of benzene rings is 1. The van der Waals surface area contributed by atoms with Crippen molar-refractivity contribution in [3.8, 4) is 0 Å². The highest BCUT2D eigenvalue weighted by Crippen LogP contribution is 2.18. The molecule has 0 radical (unpaired) electrons. The van der Waals surface area contributed by atoms with Crippen LogP contribution in [0.1, 0.15) is 22.3 Å². The Morgan fingerprint density at radius 3 is 2.71 bits per heavy atom. The highest BCUT2D eigenvalue weighted by atomic mass is 35.7. The molecule has 1 aromatic rings. The molecule has 0 atom stereocenters. The predicted octanol–water partition coefficient (Wildman–Crippen LogP) is 2.25. The molecule has 0 saturated heterocycles. The molecule has 1 rings (SSSR count). The summed E-state index contributed by atoms with van der Waals surface area (Å²) in [4.78, 5) is 11.9. The van der Waals surface area contributed by atoms with E-state index in [1.165, 1.54) is 12.1 Å². The molecule has 0 aliphatic heterocycles. The average molecular weight is 332 g/mol. The molecule has 0 aliphatic rings. The largest absolute Gasteiger partial charge is 0.379 e. The minimum Gasteiger partial charge on any atom is -0.379 e. The van der Waals surface area contributed by atoms with Gasteiger partial charge < -0.3 is 10.1 Å². The number of amides is 1. The zero-order valence-electron chi connectivity index (χ0n) is 11.8. The maximum Gasteiger partial charge on any atom is 0.261 e. The van der Waals surface area contributed by atoms with Crippen molar-refractivity contribution >= 4 is 25.6 Å². The first-order valence-corrected chi connectivity index (χ1v) is 8.68. The van der Waals surface area contributed by atoms with Crippen molar-refractivity contribution in [3.63, 3.8) is 0 Å². The molecule has 5 nitrogen and oxygen atoms in total. The number of halogens is 1. The van der Waals surface area contributed by atoms with Crippen LogP contribution >= 0.6 is 10.7 Å². The third-order valence-electron chi connectivity index (χ3n) is 2.59. The Labute approximate surface area is 129 Å². The van der Waals surface area contributed by atoms with Gasteiger partial charge in [-0.05, 0) is 37.1 Å². The van der Waals surface area contributed by atoms with Gasteiger partial charge in [-0.1, -0.05) is 6.08 Å². The molecule has 0 heterocycles. The van der Waals surface area contributed by atoms with Gasteiger partial charge in [-0.25, -0.2) is 8.42 Å². The van der Waals surface area contributed by atoms with Gasteiger partial charge in [-0.2, -0.15) is 0 Å². The number of carbonyl (C=O) groups excluding carboxylic acids is 1. The predicted molar refractivity (Wildman–Crippen MR) is 82.2 cm³/mol. The van der Waals surface area contributed by atoms with Gasteiger partial charge in [0.15, 0.2) is 0 Å². The van der Waals surface area contributed by atoms with Crippen molar-refractivity contribution < 1.29 is 17.9 Å². The average Bonchev–Trinajstić information content (AvgIpc) is 2.40. The third-order valence-corrected chi connectivity index (χ3v) is 3.93. The SMILES string of the molecule is C=CCCOCCNC(=O)c1cc(C)cc(S(=O)(=O)Cl)c1. The maximum absolute atomic E-state index is 11.9. The first-order chi connectivity index (χ1) is 9.84. The van der Waals surface area contributed by atoms with Crippen LogP contribution in [0, 0.1) is 6.92 Å². The standard InChI is InChI=1S/C14H18ClNO4S/c1-3-4-6-20-7-5-16-14(17)12-8-11(2)9-13(10-12)21(15,18)19/h3,8-10H,1,4-7H2,2H3,(H,16,17). The maximum atomic E-state index is 11.9. The Bertz CT molecular complexity index is 613. The minimum atomic E-state index is -3.86. The van der Waals surface area contributed by atoms with E-state index in [0.717, 1.165) is 6.42 Å². The monoisotopic (exact) mass is 331 g/mol. The molecule has 0 fully saturated rings. The van der Waals surface area contributed by atoms with Gasteiger partial charge in [0, 0.05) is 22.8 Å². The summed E-state index contributed by atoms with van der Waals surface area (Å²) in [6.07, 6.45) is 2.50. The van der Waals surface area contributed by atoms with Gasteiger partial charge in [0.2, 0.25) is 0 Å². The number of nitrogens with one attached hydrogen (secondary N) is 1. The smallest absolute Gasteiger partial charge is 0.261 e. The van der Waals surface area contributed by atoms with Gasteiger partial charge in [-0.3, -0.25) is 4.79 Å². The number of hydrogen-bond acceptors (Lipinski definition) is 4. The number of ether oxygens (including phenoxy) is 1. The molecule has 0 unspecified atom stereocenters. The molecule has 0 aromatic heterocycles. The van der Waals surface area contributed by atoms with Crippen LogP contribution in [0.3, 0.4) is 0 Å². The second kappa shape index (κ2) is 8.17. The summed E-state index contributed by atoms with van der Waals surface area (Å²) in [5, 5.41) is 2.65. The van der Waals surface area contributed by atoms with Crippen LogP contribution < -0.4 is 5.32 Å². The lowest BCUT2D eigenvalue weighted by Gasteiger charge is -2.08. The van der Waals surface area contributed by atoms with Gasteiger partial charge in [0.25, 0.3) is 15.0 Å². The molecule has 1 N–H and O–H groups in total. The van der Waals surface area contributed by atoms with E-state index in [2.05, 4.69) is 11.9 Å². The molecular formula is C14H18ClNO4S. The first-order valence-electron chi connectivity index (χ1n) is 6.38. The third kappa shape index (κ3) is 6.29. The van der Waals surface area contributed by atoms with E-state index in [-0.39, 0.29) is 16.4 Å². The summed E-state index contributed by atoms with van der Waals surface area (Å²) in [6, 6.07) is 4.26. The lowest BCUT2D eigenvalue weighted by atomic mass is 10.1. The molecule has 21 heavy (non-hydrogen) atoms. The zero-order valence-corrected chi connectivity index (χ0v) is 13.3. The van der Waals surface area contributed by atoms with E-state index < -0.39 is 9.05 Å². The second-order valence-corrected chi connectivity index (χ2v) is 6.98. The molecule has 116 valence electrons. The van der Waals surface area contributed by atoms with Gasteiger partial charge in [0.1, 0.15) is 0 Å². The Morgan fingerprint density at radius 1 is 1.38 bits per heavy atom. The van der Waals surface area contributed by atoms with Crippen molar-refractivity contribution in [2.45, 2.75) is 18.2 Å². The zero-order chi connectivity index (χ0) is 15.9. The number of hydrogen-bond donors (Lipinski definition) is 1. The van der Waals surface area contributed by atoms with Gasteiger partial charge in [-0.15, -0.1) is 6.58 Å². The topological polar surface area (TPSA) is 72.5 Å². The van der Waals surface area contributed by atoms with Crippen LogP contribution in [0.4, 0.5) is 0 Å². The normalized spacial score (nSPS) is 11.1. The lowest BCUT2D eigenvalue weighted by molar-refractivity contribution is 0.0917. The fourth-order valence-electron chi connectivity index (χ4n) is 1.63. The summed E-state index contributed by atoms with van der Waals surface area (Å²) >= 11 is 0. The number of carbonyl (C=O) groups is 1. The fraction of sp³-hybridized carbons (Fsp3) is 0.357. The highest BCUT2D eigenvalue weighted by molar-refractivity contribution is 8.13. The molecule has 1 aromatic carbocycles. The Kier molecular flexibility index (Phi) is 6.87. The van der Waals surface area contributed by atoms with Crippen molar-refractivity contribution in [3.05, 3.63) is 42.0 Å². The Balaban J connectivity index is 2.62. The summed E-state index contributed by atoms with van der Waals surface area (Å²) < 4.78 is 27.9. The molecule has 1 amide bonds. The van der Waals surface area contributed by atoms with E-state index >= 15 is 0 Å². The van der Waals surface area contributed by atoms with E-state index in [1.807, 2.05) is 0 Å². The molecular weight excluding hydrogens is 314 g/mol. The van der Waals surface area contributed by atoms with Crippen LogP contribution in [0.25, 0.3) is 0 Å². The van der Waals surface area contributed by atoms with E-state index in [4.69, 9.17) is 15.4 Å². The first kappa shape index (κ1) is 17.7. The lowest BCUT2D eigenvalue weighted by Crippen LogP contribution is -2.27. The number of rotatable bonds is 8. The van der Waals surface area contributed by atoms with Crippen molar-refractivity contribution in [1.29, 1.82) is 0 Å². The summed E-state index contributed by atoms with van der Waals surface area (Å²) in [7, 11) is 1.44. The Morgan fingerprint density at radius 2 is 2.10 bits per heavy atom. The van der Waals surface area contributed by atoms with Gasteiger partial charge >= 0.3 is 0 Å². The quantitative estimate of drug-likeness (QED) is 0.450. The molecule has 0 saturated carbocycles. The van der Waals surface area contributed by atoms with E-state index in [9.17, 15) is 13.2 Å². The molecule has 0 aliphatic carbocycles. The van der Waals surface area contributed by atoms with Crippen molar-refractivity contribution in [2.75, 3.05) is 19.8 Å². The fourth-order valence-corrected chi connectivity index (χ4v) is 2.49. The second-order valence-electron chi connectivity index (χ2n) is 4.42. The van der Waals surface area contributed by atoms with Crippen molar-refractivity contribution in [2.24, 2.45) is 0 Å². The molecule has 7 heteroatoms. The highest BCUT2D eigenvalue weighted by Gasteiger charge is 2.14. The van der Waals surface area contributed by atoms with Crippen LogP contribution in [-0.4, -0.2) is 34.1 Å². The van der Waals surface area contributed by atoms with Crippen LogP contribution in [0.5, 0.6) is 0 Å². The van der Waals surface area contributed by atoms with Gasteiger partial charge in [0.05, 0.1) is 18.1 Å². The van der Waals surface area contributed by atoms with E-state index in [0.29, 0.717) is 25.3 Å². The van der Waals surface area contributed by atoms with E-state index in [1.54, 1.807) is 19.1 Å². The number of aryl methyl sites for hydroxylation is 1. The summed E-state index contributed by atoms with van der Waals surface area (Å²) in [5.74, 6) is -0.368. The van der Waals surface area contributed by atoms with Crippen LogP contribution in [0.2, 0.25) is 0 Å². The van der Waals surface area contributed by atoms with Crippen LogP contribution in [-0.2, 0) is 13.8 Å². The minimum absolute atomic E-state index is 0.0865. The molecule has 0 spiro atoms. The summed E-state index contributed by atoms with van der Waals surface area (Å²) in [6.45, 7) is 6.54. The molecule has 0 bridgehead atoms. The summed E-state index contributed by atoms with van der Waals surface area (Å²) in [5.41, 5.74) is 0.893. The van der Waals surface area contributed by atoms with Crippen molar-refractivity contribution in [1.82, 2.24) is 5.32 Å².